The van der Waals surface area contributed by atoms with Gasteiger partial charge in [-0.05, 0) is 90.0 Å². The molecule has 5 rings (SSSR count). The Kier molecular flexibility index (Phi) is 5.95. The number of nitrogens with one attached hydrogen (secondary N) is 1. The maximum atomic E-state index is 14.7. The van der Waals surface area contributed by atoms with Crippen LogP contribution in [-0.4, -0.2) is 44.4 Å². The van der Waals surface area contributed by atoms with E-state index in [4.69, 9.17) is 0 Å². The molecule has 0 saturated heterocycles. The van der Waals surface area contributed by atoms with Gasteiger partial charge in [0, 0.05) is 36.2 Å². The number of likely N-dealkylation sites (N-methyl/N-ethyl adjacent to an activating group) is 1. The van der Waals surface area contributed by atoms with Crippen molar-refractivity contribution in [1.29, 1.82) is 0 Å². The van der Waals surface area contributed by atoms with Gasteiger partial charge < -0.3 is 10.2 Å². The molecule has 7 nitrogen and oxygen atoms in total. The van der Waals surface area contributed by atoms with E-state index < -0.39 is 5.67 Å². The first-order chi connectivity index (χ1) is 17.0. The van der Waals surface area contributed by atoms with E-state index in [0.717, 1.165) is 18.5 Å². The van der Waals surface area contributed by atoms with Gasteiger partial charge in [-0.2, -0.15) is 0 Å². The van der Waals surface area contributed by atoms with Gasteiger partial charge in [-0.15, -0.1) is 0 Å². The van der Waals surface area contributed by atoms with Crippen LogP contribution in [0.3, 0.4) is 0 Å². The highest BCUT2D eigenvalue weighted by Crippen LogP contribution is 2.30. The summed E-state index contributed by atoms with van der Waals surface area (Å²) in [5, 5.41) is 3.93. The molecule has 0 bridgehead atoms. The van der Waals surface area contributed by atoms with Gasteiger partial charge in [0.2, 0.25) is 0 Å². The van der Waals surface area contributed by atoms with Crippen molar-refractivity contribution in [2.45, 2.75) is 58.3 Å². The molecular formula is C28H33FN6O. The van der Waals surface area contributed by atoms with Crippen molar-refractivity contribution >= 4 is 22.4 Å². The molecule has 4 aromatic rings. The first kappa shape index (κ1) is 24.2. The normalized spacial score (nSPS) is 15.8. The Morgan fingerprint density at radius 1 is 1.08 bits per heavy atom. The average molecular weight is 489 g/mol. The molecule has 0 fully saturated rings. The SMILES string of the molecule is CC(C)n1c(=O)c2cnc(Nc3ccc4c(c3)CC(N(C)C)C4)cc2n1-c1ccnc(C(C)(C)F)c1. The number of alkyl halides is 1. The van der Waals surface area contributed by atoms with E-state index in [1.165, 1.54) is 25.0 Å². The fourth-order valence-corrected chi connectivity index (χ4v) is 4.97. The lowest BCUT2D eigenvalue weighted by molar-refractivity contribution is 0.214. The number of nitrogens with zero attached hydrogens (tertiary/aromatic N) is 5. The number of aromatic nitrogens is 4. The lowest BCUT2D eigenvalue weighted by Crippen LogP contribution is -2.27. The van der Waals surface area contributed by atoms with Crippen molar-refractivity contribution < 1.29 is 4.39 Å². The smallest absolute Gasteiger partial charge is 0.276 e. The van der Waals surface area contributed by atoms with Crippen molar-refractivity contribution in [3.05, 3.63) is 76.0 Å². The highest BCUT2D eigenvalue weighted by Gasteiger charge is 2.25. The summed E-state index contributed by atoms with van der Waals surface area (Å²) in [7, 11) is 4.25. The number of rotatable bonds is 6. The van der Waals surface area contributed by atoms with Gasteiger partial charge >= 0.3 is 0 Å². The van der Waals surface area contributed by atoms with Gasteiger partial charge in [0.15, 0.2) is 0 Å². The first-order valence-corrected chi connectivity index (χ1v) is 12.4. The van der Waals surface area contributed by atoms with Gasteiger partial charge in [0.25, 0.3) is 5.56 Å². The van der Waals surface area contributed by atoms with Crippen LogP contribution in [0.5, 0.6) is 0 Å². The largest absolute Gasteiger partial charge is 0.340 e. The lowest BCUT2D eigenvalue weighted by atomic mass is 10.1. The highest BCUT2D eigenvalue weighted by atomic mass is 19.1. The zero-order valence-electron chi connectivity index (χ0n) is 21.7. The zero-order valence-corrected chi connectivity index (χ0v) is 21.7. The van der Waals surface area contributed by atoms with E-state index in [-0.39, 0.29) is 11.6 Å². The third-order valence-electron chi connectivity index (χ3n) is 6.97. The van der Waals surface area contributed by atoms with Crippen LogP contribution in [0.2, 0.25) is 0 Å². The van der Waals surface area contributed by atoms with Gasteiger partial charge in [-0.25, -0.2) is 18.7 Å². The molecule has 0 amide bonds. The van der Waals surface area contributed by atoms with Crippen LogP contribution < -0.4 is 10.9 Å². The van der Waals surface area contributed by atoms with Crippen molar-refractivity contribution in [3.63, 3.8) is 0 Å². The van der Waals surface area contributed by atoms with Gasteiger partial charge in [-0.3, -0.25) is 9.78 Å². The molecule has 3 heterocycles. The van der Waals surface area contributed by atoms with Crippen molar-refractivity contribution in [3.8, 4) is 5.69 Å². The Bertz CT molecular complexity index is 1490. The van der Waals surface area contributed by atoms with Crippen LogP contribution in [0, 0.1) is 0 Å². The molecular weight excluding hydrogens is 455 g/mol. The minimum absolute atomic E-state index is 0.113. The summed E-state index contributed by atoms with van der Waals surface area (Å²) in [6.07, 6.45) is 5.28. The maximum Gasteiger partial charge on any atom is 0.276 e. The molecule has 1 atom stereocenters. The van der Waals surface area contributed by atoms with Gasteiger partial charge in [-0.1, -0.05) is 6.07 Å². The summed E-state index contributed by atoms with van der Waals surface area (Å²) in [6, 6.07) is 12.2. The number of hydrogen-bond acceptors (Lipinski definition) is 5. The third-order valence-corrected chi connectivity index (χ3v) is 6.97. The standard InChI is InChI=1S/C28H33FN6O/c1-17(2)34-27(36)23-16-31-26(32-20-8-7-18-12-22(33(5)6)13-19(18)11-20)15-24(23)35(34)21-9-10-30-25(14-21)28(3,4)29/h7-11,14-17,22H,12-13H2,1-6H3,(H,31,32). The quantitative estimate of drug-likeness (QED) is 0.407. The van der Waals surface area contributed by atoms with Crippen molar-refractivity contribution in [1.82, 2.24) is 24.2 Å². The van der Waals surface area contributed by atoms with E-state index in [1.54, 1.807) is 29.2 Å². The fraction of sp³-hybridized carbons (Fsp3) is 0.393. The second kappa shape index (κ2) is 8.85. The summed E-state index contributed by atoms with van der Waals surface area (Å²) in [5.41, 5.74) is 3.65. The van der Waals surface area contributed by atoms with Crippen LogP contribution in [-0.2, 0) is 18.5 Å². The molecule has 0 spiro atoms. The molecule has 188 valence electrons. The Morgan fingerprint density at radius 2 is 1.83 bits per heavy atom. The lowest BCUT2D eigenvalue weighted by Gasteiger charge is -2.19. The van der Waals surface area contributed by atoms with Crippen LogP contribution in [0.1, 0.15) is 50.6 Å². The Labute approximate surface area is 210 Å². The van der Waals surface area contributed by atoms with E-state index in [0.29, 0.717) is 34.1 Å². The zero-order chi connectivity index (χ0) is 25.8. The summed E-state index contributed by atoms with van der Waals surface area (Å²) < 4.78 is 18.2. The molecule has 8 heteroatoms. The predicted molar refractivity (Wildman–Crippen MR) is 142 cm³/mol. The monoisotopic (exact) mass is 488 g/mol. The molecule has 3 aromatic heterocycles. The maximum absolute atomic E-state index is 14.7. The van der Waals surface area contributed by atoms with E-state index >= 15 is 0 Å². The molecule has 1 aromatic carbocycles. The van der Waals surface area contributed by atoms with Crippen LogP contribution in [0.25, 0.3) is 16.6 Å². The average Bonchev–Trinajstić information content (AvgIpc) is 3.37. The summed E-state index contributed by atoms with van der Waals surface area (Å²) >= 11 is 0. The summed E-state index contributed by atoms with van der Waals surface area (Å²) in [6.45, 7) is 6.86. The van der Waals surface area contributed by atoms with Crippen LogP contribution in [0.4, 0.5) is 15.9 Å². The second-order valence-corrected chi connectivity index (χ2v) is 10.6. The van der Waals surface area contributed by atoms with E-state index in [2.05, 4.69) is 52.5 Å². The minimum atomic E-state index is -1.60. The number of fused-ring (bicyclic) bond motifs is 2. The fourth-order valence-electron chi connectivity index (χ4n) is 4.97. The third kappa shape index (κ3) is 4.30. The van der Waals surface area contributed by atoms with Crippen molar-refractivity contribution in [2.75, 3.05) is 19.4 Å². The molecule has 1 unspecified atom stereocenters. The number of anilines is 2. The molecule has 36 heavy (non-hydrogen) atoms. The molecule has 0 aliphatic heterocycles. The Hall–Kier alpha value is -3.52. The topological polar surface area (TPSA) is 68.0 Å². The summed E-state index contributed by atoms with van der Waals surface area (Å²) in [4.78, 5) is 24.3. The molecule has 1 aliphatic carbocycles. The Morgan fingerprint density at radius 3 is 2.53 bits per heavy atom. The number of hydrogen-bond donors (Lipinski definition) is 1. The summed E-state index contributed by atoms with van der Waals surface area (Å²) in [5.74, 6) is 0.638. The molecule has 1 aliphatic rings. The van der Waals surface area contributed by atoms with Crippen molar-refractivity contribution in [2.24, 2.45) is 0 Å². The van der Waals surface area contributed by atoms with E-state index in [1.807, 2.05) is 24.6 Å². The Balaban J connectivity index is 1.58. The molecule has 0 radical (unpaired) electrons. The molecule has 0 saturated carbocycles. The number of pyridine rings is 2. The van der Waals surface area contributed by atoms with Crippen LogP contribution in [0.15, 0.2) is 53.6 Å². The second-order valence-electron chi connectivity index (χ2n) is 10.6. The van der Waals surface area contributed by atoms with Gasteiger partial charge in [0.05, 0.1) is 22.3 Å². The number of halogens is 1. The highest BCUT2D eigenvalue weighted by molar-refractivity contribution is 5.83. The van der Waals surface area contributed by atoms with Gasteiger partial charge in [0.1, 0.15) is 11.5 Å². The van der Waals surface area contributed by atoms with Crippen LogP contribution >= 0.6 is 0 Å². The number of benzene rings is 1. The first-order valence-electron chi connectivity index (χ1n) is 12.4. The predicted octanol–water partition coefficient (Wildman–Crippen LogP) is 5.14. The molecule has 1 N–H and O–H groups in total. The minimum Gasteiger partial charge on any atom is -0.340 e. The van der Waals surface area contributed by atoms with E-state index in [9.17, 15) is 9.18 Å².